The quantitative estimate of drug-likeness (QED) is 0.742. The Morgan fingerprint density at radius 1 is 0.958 bits per heavy atom. The monoisotopic (exact) mass is 335 g/mol. The number of hydrogen-bond donors (Lipinski definition) is 1. The summed E-state index contributed by atoms with van der Waals surface area (Å²) in [7, 11) is 0. The molecule has 1 amide bonds. The van der Waals surface area contributed by atoms with Crippen molar-refractivity contribution >= 4 is 11.6 Å². The lowest BCUT2D eigenvalue weighted by atomic mass is 10.2. The van der Waals surface area contributed by atoms with E-state index in [1.54, 1.807) is 0 Å². The fourth-order valence-corrected chi connectivity index (χ4v) is 2.02. The highest BCUT2D eigenvalue weighted by atomic mass is 19.1. The topological polar surface area (TPSA) is 46.9 Å². The van der Waals surface area contributed by atoms with Gasteiger partial charge in [0.2, 0.25) is 0 Å². The summed E-state index contributed by atoms with van der Waals surface area (Å²) in [5.74, 6) is -4.01. The molecule has 122 valence electrons. The second kappa shape index (κ2) is 6.15. The third kappa shape index (κ3) is 3.12. The average molecular weight is 335 g/mol. The van der Waals surface area contributed by atoms with Gasteiger partial charge in [0.15, 0.2) is 5.82 Å². The van der Waals surface area contributed by atoms with Crippen LogP contribution in [-0.2, 0) is 0 Å². The maximum atomic E-state index is 13.7. The molecule has 0 aliphatic carbocycles. The average Bonchev–Trinajstić information content (AvgIpc) is 3.00. The summed E-state index contributed by atoms with van der Waals surface area (Å²) in [6, 6.07) is 5.60. The number of amides is 1. The molecule has 0 saturated carbocycles. The van der Waals surface area contributed by atoms with Crippen molar-refractivity contribution < 1.29 is 22.4 Å². The number of benzene rings is 2. The Morgan fingerprint density at radius 2 is 1.62 bits per heavy atom. The van der Waals surface area contributed by atoms with Gasteiger partial charge < -0.3 is 5.32 Å². The van der Waals surface area contributed by atoms with Gasteiger partial charge in [-0.1, -0.05) is 0 Å². The number of anilines is 1. The lowest BCUT2D eigenvalue weighted by Gasteiger charge is -2.05. The summed E-state index contributed by atoms with van der Waals surface area (Å²) < 4.78 is 54.0. The molecule has 2 aromatic carbocycles. The molecule has 8 heteroatoms. The fraction of sp³-hybridized carbons (Fsp3) is 0. The molecule has 0 radical (unpaired) electrons. The number of rotatable bonds is 3. The van der Waals surface area contributed by atoms with Crippen LogP contribution >= 0.6 is 0 Å². The number of carbonyl (C=O) groups excluding carboxylic acids is 1. The molecule has 3 aromatic rings. The summed E-state index contributed by atoms with van der Waals surface area (Å²) in [4.78, 5) is 12.1. The highest BCUT2D eigenvalue weighted by molar-refractivity contribution is 6.04. The number of nitrogens with zero attached hydrogens (tertiary/aromatic N) is 2. The molecule has 1 aromatic heterocycles. The van der Waals surface area contributed by atoms with Crippen molar-refractivity contribution in [2.75, 3.05) is 5.32 Å². The van der Waals surface area contributed by atoms with Crippen LogP contribution in [0.5, 0.6) is 0 Å². The van der Waals surface area contributed by atoms with Gasteiger partial charge in [-0.3, -0.25) is 4.79 Å². The Morgan fingerprint density at radius 3 is 2.29 bits per heavy atom. The SMILES string of the molecule is O=C(Nc1ccc(F)cc1F)c1cnn(-c2ccc(F)cc2F)c1. The van der Waals surface area contributed by atoms with E-state index in [4.69, 9.17) is 0 Å². The van der Waals surface area contributed by atoms with E-state index in [1.165, 1.54) is 12.3 Å². The molecule has 0 aliphatic rings. The molecule has 0 spiro atoms. The van der Waals surface area contributed by atoms with Crippen molar-refractivity contribution in [1.29, 1.82) is 0 Å². The van der Waals surface area contributed by atoms with Crippen LogP contribution < -0.4 is 5.32 Å². The molecule has 0 aliphatic heterocycles. The summed E-state index contributed by atoms with van der Waals surface area (Å²) in [5.41, 5.74) is -0.243. The smallest absolute Gasteiger partial charge is 0.258 e. The molecular weight excluding hydrogens is 326 g/mol. The zero-order valence-electron chi connectivity index (χ0n) is 11.9. The van der Waals surface area contributed by atoms with Gasteiger partial charge in [0.25, 0.3) is 5.91 Å². The van der Waals surface area contributed by atoms with Gasteiger partial charge in [0, 0.05) is 18.3 Å². The molecular formula is C16H9F4N3O. The first kappa shape index (κ1) is 15.7. The summed E-state index contributed by atoms with van der Waals surface area (Å²) >= 11 is 0. The first-order valence-corrected chi connectivity index (χ1v) is 6.70. The van der Waals surface area contributed by atoms with Gasteiger partial charge >= 0.3 is 0 Å². The third-order valence-corrected chi connectivity index (χ3v) is 3.18. The second-order valence-corrected chi connectivity index (χ2v) is 4.85. The van der Waals surface area contributed by atoms with E-state index < -0.39 is 29.2 Å². The van der Waals surface area contributed by atoms with Crippen molar-refractivity contribution in [3.05, 3.63) is 77.6 Å². The van der Waals surface area contributed by atoms with Crippen molar-refractivity contribution in [3.8, 4) is 5.69 Å². The third-order valence-electron chi connectivity index (χ3n) is 3.18. The fourth-order valence-electron chi connectivity index (χ4n) is 2.02. The van der Waals surface area contributed by atoms with Gasteiger partial charge in [-0.2, -0.15) is 5.10 Å². The van der Waals surface area contributed by atoms with Gasteiger partial charge in [-0.15, -0.1) is 0 Å². The molecule has 0 saturated heterocycles. The molecule has 24 heavy (non-hydrogen) atoms. The molecule has 0 fully saturated rings. The first-order valence-electron chi connectivity index (χ1n) is 6.70. The lowest BCUT2D eigenvalue weighted by molar-refractivity contribution is 0.102. The molecule has 1 heterocycles. The van der Waals surface area contributed by atoms with Crippen LogP contribution in [-0.4, -0.2) is 15.7 Å². The van der Waals surface area contributed by atoms with Gasteiger partial charge in [0.05, 0.1) is 17.4 Å². The van der Waals surface area contributed by atoms with Crippen LogP contribution in [0.1, 0.15) is 10.4 Å². The molecule has 0 atom stereocenters. The molecule has 4 nitrogen and oxygen atoms in total. The van der Waals surface area contributed by atoms with Crippen molar-refractivity contribution in [1.82, 2.24) is 9.78 Å². The van der Waals surface area contributed by atoms with E-state index in [0.29, 0.717) is 12.1 Å². The minimum atomic E-state index is -0.930. The van der Waals surface area contributed by atoms with E-state index in [9.17, 15) is 22.4 Å². The Hall–Kier alpha value is -3.16. The Kier molecular flexibility index (Phi) is 4.03. The van der Waals surface area contributed by atoms with Crippen LogP contribution in [0.25, 0.3) is 5.69 Å². The number of halogens is 4. The largest absolute Gasteiger partial charge is 0.319 e. The Balaban J connectivity index is 1.83. The van der Waals surface area contributed by atoms with Gasteiger partial charge in [-0.05, 0) is 24.3 Å². The Labute approximate surface area is 133 Å². The predicted molar refractivity (Wildman–Crippen MR) is 77.8 cm³/mol. The summed E-state index contributed by atoms with van der Waals surface area (Å²) in [6.07, 6.45) is 2.34. The normalized spacial score (nSPS) is 10.7. The number of hydrogen-bond acceptors (Lipinski definition) is 2. The predicted octanol–water partition coefficient (Wildman–Crippen LogP) is 3.68. The molecule has 0 bridgehead atoms. The highest BCUT2D eigenvalue weighted by Gasteiger charge is 2.14. The lowest BCUT2D eigenvalue weighted by Crippen LogP contribution is -2.12. The minimum absolute atomic E-state index is 0.0162. The van der Waals surface area contributed by atoms with Crippen LogP contribution in [0.15, 0.2) is 48.8 Å². The zero-order chi connectivity index (χ0) is 17.3. The maximum Gasteiger partial charge on any atom is 0.258 e. The van der Waals surface area contributed by atoms with Crippen molar-refractivity contribution in [3.63, 3.8) is 0 Å². The number of nitrogens with one attached hydrogen (secondary N) is 1. The van der Waals surface area contributed by atoms with Crippen LogP contribution in [0.3, 0.4) is 0 Å². The maximum absolute atomic E-state index is 13.7. The van der Waals surface area contributed by atoms with E-state index in [1.807, 2.05) is 0 Å². The van der Waals surface area contributed by atoms with Crippen LogP contribution in [0.4, 0.5) is 23.2 Å². The van der Waals surface area contributed by atoms with E-state index in [0.717, 1.165) is 29.1 Å². The van der Waals surface area contributed by atoms with Crippen LogP contribution in [0, 0.1) is 23.3 Å². The standard InChI is InChI=1S/C16H9F4N3O/c17-10-1-3-14(12(19)5-10)22-16(24)9-7-21-23(8-9)15-4-2-11(18)6-13(15)20/h1-8H,(H,22,24). The second-order valence-electron chi connectivity index (χ2n) is 4.85. The molecule has 0 unspecified atom stereocenters. The summed E-state index contributed by atoms with van der Waals surface area (Å²) in [6.45, 7) is 0. The Bertz CT molecular complexity index is 923. The molecule has 1 N–H and O–H groups in total. The van der Waals surface area contributed by atoms with E-state index in [-0.39, 0.29) is 16.9 Å². The zero-order valence-corrected chi connectivity index (χ0v) is 11.9. The summed E-state index contributed by atoms with van der Waals surface area (Å²) in [5, 5.41) is 6.07. The van der Waals surface area contributed by atoms with E-state index >= 15 is 0 Å². The number of aromatic nitrogens is 2. The van der Waals surface area contributed by atoms with Crippen molar-refractivity contribution in [2.45, 2.75) is 0 Å². The van der Waals surface area contributed by atoms with E-state index in [2.05, 4.69) is 10.4 Å². The van der Waals surface area contributed by atoms with Gasteiger partial charge in [-0.25, -0.2) is 22.2 Å². The number of carbonyl (C=O) groups is 1. The minimum Gasteiger partial charge on any atom is -0.319 e. The highest BCUT2D eigenvalue weighted by Crippen LogP contribution is 2.18. The van der Waals surface area contributed by atoms with Crippen molar-refractivity contribution in [2.24, 2.45) is 0 Å². The van der Waals surface area contributed by atoms with Gasteiger partial charge in [0.1, 0.15) is 23.1 Å². The van der Waals surface area contributed by atoms with Crippen LogP contribution in [0.2, 0.25) is 0 Å². The molecule has 3 rings (SSSR count). The first-order chi connectivity index (χ1) is 11.4.